The Balaban J connectivity index is 1.39. The molecule has 0 N–H and O–H groups in total. The number of nitrogens with zero attached hydrogens (tertiary/aromatic N) is 3. The molecule has 3 aromatic rings. The van der Waals surface area contributed by atoms with Gasteiger partial charge in [0.15, 0.2) is 11.5 Å². The summed E-state index contributed by atoms with van der Waals surface area (Å²) in [5.74, 6) is 0.950. The Morgan fingerprint density at radius 3 is 2.03 bits per heavy atom. The van der Waals surface area contributed by atoms with E-state index in [9.17, 15) is 9.59 Å². The lowest BCUT2D eigenvalue weighted by atomic mass is 10.1. The summed E-state index contributed by atoms with van der Waals surface area (Å²) in [6.07, 6.45) is 3.43. The topological polar surface area (TPSA) is 72.0 Å². The minimum Gasteiger partial charge on any atom is -0.490 e. The van der Waals surface area contributed by atoms with E-state index in [1.807, 2.05) is 19.1 Å². The molecule has 0 bridgehead atoms. The predicted molar refractivity (Wildman–Crippen MR) is 129 cm³/mol. The average molecular weight is 480 g/mol. The molecule has 7 nitrogen and oxygen atoms in total. The molecule has 0 saturated carbocycles. The highest BCUT2D eigenvalue weighted by Crippen LogP contribution is 2.30. The number of pyridine rings is 1. The van der Waals surface area contributed by atoms with Crippen LogP contribution in [0.25, 0.3) is 0 Å². The molecule has 8 heteroatoms. The minimum atomic E-state index is -0.0970. The van der Waals surface area contributed by atoms with E-state index in [0.717, 1.165) is 5.56 Å². The van der Waals surface area contributed by atoms with E-state index >= 15 is 0 Å². The van der Waals surface area contributed by atoms with Gasteiger partial charge < -0.3 is 19.3 Å². The van der Waals surface area contributed by atoms with Crippen molar-refractivity contribution >= 4 is 23.4 Å². The first-order valence-corrected chi connectivity index (χ1v) is 11.6. The van der Waals surface area contributed by atoms with Crippen molar-refractivity contribution in [2.24, 2.45) is 0 Å². The number of aromatic nitrogens is 1. The molecule has 34 heavy (non-hydrogen) atoms. The van der Waals surface area contributed by atoms with E-state index in [1.165, 1.54) is 0 Å². The van der Waals surface area contributed by atoms with Crippen LogP contribution in [0.2, 0.25) is 5.02 Å². The maximum absolute atomic E-state index is 13.1. The Kier molecular flexibility index (Phi) is 7.65. The number of ether oxygens (including phenoxy) is 2. The van der Waals surface area contributed by atoms with Crippen LogP contribution in [0.4, 0.5) is 0 Å². The number of benzene rings is 2. The van der Waals surface area contributed by atoms with E-state index in [0.29, 0.717) is 67.0 Å². The molecule has 4 rings (SSSR count). The second kappa shape index (κ2) is 11.0. The number of carbonyl (C=O) groups is 2. The van der Waals surface area contributed by atoms with Gasteiger partial charge in [-0.2, -0.15) is 0 Å². The first kappa shape index (κ1) is 23.6. The summed E-state index contributed by atoms with van der Waals surface area (Å²) in [5, 5.41) is 0.590. The van der Waals surface area contributed by atoms with Crippen LogP contribution in [0.3, 0.4) is 0 Å². The zero-order chi connectivity index (χ0) is 23.9. The first-order valence-electron chi connectivity index (χ1n) is 11.2. The van der Waals surface area contributed by atoms with Gasteiger partial charge in [0, 0.05) is 54.7 Å². The van der Waals surface area contributed by atoms with E-state index in [2.05, 4.69) is 4.98 Å². The number of carbonyl (C=O) groups excluding carboxylic acids is 2. The quantitative estimate of drug-likeness (QED) is 0.505. The van der Waals surface area contributed by atoms with Gasteiger partial charge in [0.05, 0.1) is 6.61 Å². The lowest BCUT2D eigenvalue weighted by molar-refractivity contribution is 0.0535. The largest absolute Gasteiger partial charge is 0.490 e. The molecule has 176 valence electrons. The second-order valence-electron chi connectivity index (χ2n) is 7.83. The minimum absolute atomic E-state index is 0.0573. The van der Waals surface area contributed by atoms with Gasteiger partial charge in [0.1, 0.15) is 6.61 Å². The van der Waals surface area contributed by atoms with E-state index in [-0.39, 0.29) is 11.8 Å². The molecule has 1 saturated heterocycles. The van der Waals surface area contributed by atoms with Crippen molar-refractivity contribution in [1.29, 1.82) is 0 Å². The molecule has 1 aliphatic heterocycles. The van der Waals surface area contributed by atoms with Crippen LogP contribution < -0.4 is 9.47 Å². The Morgan fingerprint density at radius 1 is 0.824 bits per heavy atom. The SMILES string of the molecule is CCOc1cc(C(=O)N2CCN(C(=O)c3ccc(Cl)cc3)CC2)ccc1OCc1ccncc1. The van der Waals surface area contributed by atoms with Crippen molar-refractivity contribution in [1.82, 2.24) is 14.8 Å². The third-order valence-electron chi connectivity index (χ3n) is 5.58. The second-order valence-corrected chi connectivity index (χ2v) is 8.27. The maximum atomic E-state index is 13.1. The van der Waals surface area contributed by atoms with E-state index in [1.54, 1.807) is 64.7 Å². The zero-order valence-electron chi connectivity index (χ0n) is 18.9. The van der Waals surface area contributed by atoms with Crippen LogP contribution in [0.1, 0.15) is 33.2 Å². The van der Waals surface area contributed by atoms with Gasteiger partial charge in [-0.1, -0.05) is 11.6 Å². The molecule has 1 aromatic heterocycles. The van der Waals surface area contributed by atoms with Crippen LogP contribution in [-0.4, -0.2) is 59.4 Å². The Labute approximate surface area is 203 Å². The summed E-state index contributed by atoms with van der Waals surface area (Å²) >= 11 is 5.91. The highest BCUT2D eigenvalue weighted by atomic mass is 35.5. The fourth-order valence-corrected chi connectivity index (χ4v) is 3.86. The van der Waals surface area contributed by atoms with Gasteiger partial charge in [0.25, 0.3) is 11.8 Å². The highest BCUT2D eigenvalue weighted by Gasteiger charge is 2.26. The Hall–Kier alpha value is -3.58. The summed E-state index contributed by atoms with van der Waals surface area (Å²) in [4.78, 5) is 33.4. The molecule has 0 spiro atoms. The number of hydrogen-bond donors (Lipinski definition) is 0. The third-order valence-corrected chi connectivity index (χ3v) is 5.83. The Bertz CT molecular complexity index is 1130. The number of halogens is 1. The molecule has 2 heterocycles. The molecule has 1 aliphatic rings. The van der Waals surface area contributed by atoms with Crippen LogP contribution >= 0.6 is 11.6 Å². The zero-order valence-corrected chi connectivity index (χ0v) is 19.7. The molecular weight excluding hydrogens is 454 g/mol. The van der Waals surface area contributed by atoms with Crippen molar-refractivity contribution in [2.45, 2.75) is 13.5 Å². The lowest BCUT2D eigenvalue weighted by Gasteiger charge is -2.35. The van der Waals surface area contributed by atoms with Gasteiger partial charge in [-0.3, -0.25) is 14.6 Å². The van der Waals surface area contributed by atoms with Crippen molar-refractivity contribution in [3.05, 3.63) is 88.7 Å². The summed E-state index contributed by atoms with van der Waals surface area (Å²) in [7, 11) is 0. The fourth-order valence-electron chi connectivity index (χ4n) is 3.74. The van der Waals surface area contributed by atoms with Gasteiger partial charge >= 0.3 is 0 Å². The van der Waals surface area contributed by atoms with Crippen LogP contribution in [0.15, 0.2) is 67.0 Å². The molecule has 0 aliphatic carbocycles. The fraction of sp³-hybridized carbons (Fsp3) is 0.269. The smallest absolute Gasteiger partial charge is 0.254 e. The lowest BCUT2D eigenvalue weighted by Crippen LogP contribution is -2.50. The molecule has 0 unspecified atom stereocenters. The van der Waals surface area contributed by atoms with Crippen molar-refractivity contribution in [3.63, 3.8) is 0 Å². The van der Waals surface area contributed by atoms with E-state index < -0.39 is 0 Å². The molecule has 0 radical (unpaired) electrons. The molecule has 2 aromatic carbocycles. The first-order chi connectivity index (χ1) is 16.5. The monoisotopic (exact) mass is 479 g/mol. The van der Waals surface area contributed by atoms with Crippen molar-refractivity contribution in [2.75, 3.05) is 32.8 Å². The van der Waals surface area contributed by atoms with Crippen LogP contribution in [0, 0.1) is 0 Å². The molecule has 0 atom stereocenters. The number of amides is 2. The van der Waals surface area contributed by atoms with Crippen molar-refractivity contribution < 1.29 is 19.1 Å². The average Bonchev–Trinajstić information content (AvgIpc) is 2.88. The number of rotatable bonds is 7. The standard InChI is InChI=1S/C26H26ClN3O4/c1-2-33-24-17-21(5-8-23(24)34-18-19-9-11-28-12-10-19)26(32)30-15-13-29(14-16-30)25(31)20-3-6-22(27)7-4-20/h3-12,17H,2,13-16,18H2,1H3. The van der Waals surface area contributed by atoms with Crippen LogP contribution in [-0.2, 0) is 6.61 Å². The Morgan fingerprint density at radius 2 is 1.41 bits per heavy atom. The number of hydrogen-bond acceptors (Lipinski definition) is 5. The van der Waals surface area contributed by atoms with Crippen LogP contribution in [0.5, 0.6) is 11.5 Å². The summed E-state index contributed by atoms with van der Waals surface area (Å²) < 4.78 is 11.7. The van der Waals surface area contributed by atoms with Gasteiger partial charge in [0.2, 0.25) is 0 Å². The summed E-state index contributed by atoms with van der Waals surface area (Å²) in [6.45, 7) is 4.58. The predicted octanol–water partition coefficient (Wildman–Crippen LogP) is 4.31. The van der Waals surface area contributed by atoms with E-state index in [4.69, 9.17) is 21.1 Å². The number of piperazine rings is 1. The summed E-state index contributed by atoms with van der Waals surface area (Å²) in [5.41, 5.74) is 2.11. The third kappa shape index (κ3) is 5.66. The highest BCUT2D eigenvalue weighted by molar-refractivity contribution is 6.30. The molecule has 2 amide bonds. The van der Waals surface area contributed by atoms with Gasteiger partial charge in [-0.15, -0.1) is 0 Å². The molecule has 1 fully saturated rings. The molecular formula is C26H26ClN3O4. The summed E-state index contributed by atoms with van der Waals surface area (Å²) in [6, 6.07) is 15.8. The van der Waals surface area contributed by atoms with Crippen molar-refractivity contribution in [3.8, 4) is 11.5 Å². The van der Waals surface area contributed by atoms with Gasteiger partial charge in [-0.25, -0.2) is 0 Å². The van der Waals surface area contributed by atoms with Gasteiger partial charge in [-0.05, 0) is 67.1 Å². The maximum Gasteiger partial charge on any atom is 0.254 e. The normalized spacial score (nSPS) is 13.5.